The fourth-order valence-corrected chi connectivity index (χ4v) is 2.02. The van der Waals surface area contributed by atoms with Gasteiger partial charge in [0.2, 0.25) is 0 Å². The minimum atomic E-state index is -0.530. The second-order valence-corrected chi connectivity index (χ2v) is 5.85. The smallest absolute Gasteiger partial charge is 0.115 e. The van der Waals surface area contributed by atoms with E-state index in [4.69, 9.17) is 0 Å². The first-order chi connectivity index (χ1) is 9.47. The summed E-state index contributed by atoms with van der Waals surface area (Å²) in [6.45, 7) is 8.47. The first-order valence-electron chi connectivity index (χ1n) is 7.37. The molecule has 0 saturated heterocycles. The van der Waals surface area contributed by atoms with Gasteiger partial charge in [0.1, 0.15) is 6.10 Å². The Kier molecular flexibility index (Phi) is 7.12. The molecule has 1 heteroatoms. The standard InChI is InChI=1S/C19H26O/c1-15(2)6-5-7-17(4)14-19(20)13-12-18-10-8-16(3)9-11-18/h6,8-11,17,19-20H,5,7,14H2,1-4H3/t17-,19-/m1/s1. The van der Waals surface area contributed by atoms with E-state index in [0.717, 1.165) is 24.8 Å². The first-order valence-corrected chi connectivity index (χ1v) is 7.37. The molecule has 0 fully saturated rings. The van der Waals surface area contributed by atoms with Crippen molar-refractivity contribution in [2.24, 2.45) is 5.92 Å². The summed E-state index contributed by atoms with van der Waals surface area (Å²) >= 11 is 0. The molecule has 0 aliphatic rings. The third-order valence-corrected chi connectivity index (χ3v) is 3.27. The minimum Gasteiger partial charge on any atom is -0.380 e. The van der Waals surface area contributed by atoms with Gasteiger partial charge in [0.25, 0.3) is 0 Å². The van der Waals surface area contributed by atoms with E-state index in [2.05, 4.69) is 45.6 Å². The zero-order valence-corrected chi connectivity index (χ0v) is 13.1. The maximum absolute atomic E-state index is 9.95. The fraction of sp³-hybridized carbons (Fsp3) is 0.474. The number of aryl methyl sites for hydroxylation is 1. The van der Waals surface area contributed by atoms with Gasteiger partial charge in [-0.1, -0.05) is 48.1 Å². The maximum Gasteiger partial charge on any atom is 0.115 e. The molecule has 0 aliphatic heterocycles. The molecule has 0 unspecified atom stereocenters. The third kappa shape index (κ3) is 7.16. The number of aliphatic hydroxyl groups excluding tert-OH is 1. The van der Waals surface area contributed by atoms with Crippen LogP contribution in [0.15, 0.2) is 35.9 Å². The van der Waals surface area contributed by atoms with Crippen molar-refractivity contribution >= 4 is 0 Å². The summed E-state index contributed by atoms with van der Waals surface area (Å²) in [5.41, 5.74) is 3.55. The van der Waals surface area contributed by atoms with Crippen LogP contribution < -0.4 is 0 Å². The van der Waals surface area contributed by atoms with Gasteiger partial charge in [0.15, 0.2) is 0 Å². The molecule has 20 heavy (non-hydrogen) atoms. The summed E-state index contributed by atoms with van der Waals surface area (Å²) in [4.78, 5) is 0. The van der Waals surface area contributed by atoms with Gasteiger partial charge in [-0.25, -0.2) is 0 Å². The lowest BCUT2D eigenvalue weighted by molar-refractivity contribution is 0.197. The molecule has 0 radical (unpaired) electrons. The molecule has 1 aromatic rings. The van der Waals surface area contributed by atoms with E-state index in [1.807, 2.05) is 24.3 Å². The van der Waals surface area contributed by atoms with Crippen LogP contribution in [0, 0.1) is 24.7 Å². The van der Waals surface area contributed by atoms with Gasteiger partial charge >= 0.3 is 0 Å². The third-order valence-electron chi connectivity index (χ3n) is 3.27. The number of allylic oxidation sites excluding steroid dienone is 2. The van der Waals surface area contributed by atoms with Crippen molar-refractivity contribution in [2.75, 3.05) is 0 Å². The maximum atomic E-state index is 9.95. The molecule has 1 N–H and O–H groups in total. The van der Waals surface area contributed by atoms with E-state index in [1.54, 1.807) is 0 Å². The van der Waals surface area contributed by atoms with Crippen LogP contribution in [0.5, 0.6) is 0 Å². The van der Waals surface area contributed by atoms with Crippen LogP contribution in [-0.2, 0) is 0 Å². The Labute approximate surface area is 123 Å². The summed E-state index contributed by atoms with van der Waals surface area (Å²) in [5, 5.41) is 9.95. The predicted octanol–water partition coefficient (Wildman–Crippen LogP) is 4.48. The van der Waals surface area contributed by atoms with E-state index in [1.165, 1.54) is 11.1 Å². The highest BCUT2D eigenvalue weighted by Crippen LogP contribution is 2.14. The summed E-state index contributed by atoms with van der Waals surface area (Å²) in [6, 6.07) is 8.07. The summed E-state index contributed by atoms with van der Waals surface area (Å²) in [7, 11) is 0. The first kappa shape index (κ1) is 16.5. The SMILES string of the molecule is CC(C)=CCC[C@@H](C)C[C@H](O)C#Cc1ccc(C)cc1. The van der Waals surface area contributed by atoms with Crippen molar-refractivity contribution in [1.82, 2.24) is 0 Å². The van der Waals surface area contributed by atoms with Crippen molar-refractivity contribution in [3.63, 3.8) is 0 Å². The normalized spacial score (nSPS) is 13.1. The van der Waals surface area contributed by atoms with Crippen molar-refractivity contribution in [3.05, 3.63) is 47.0 Å². The lowest BCUT2D eigenvalue weighted by atomic mass is 9.98. The molecular weight excluding hydrogens is 244 g/mol. The van der Waals surface area contributed by atoms with E-state index in [0.29, 0.717) is 5.92 Å². The Morgan fingerprint density at radius 2 is 1.90 bits per heavy atom. The number of hydrogen-bond acceptors (Lipinski definition) is 1. The highest BCUT2D eigenvalue weighted by atomic mass is 16.3. The number of hydrogen-bond donors (Lipinski definition) is 1. The molecule has 108 valence electrons. The van der Waals surface area contributed by atoms with Gasteiger partial charge in [-0.3, -0.25) is 0 Å². The van der Waals surface area contributed by atoms with Crippen LogP contribution >= 0.6 is 0 Å². The second kappa shape index (κ2) is 8.61. The summed E-state index contributed by atoms with van der Waals surface area (Å²) in [5.74, 6) is 6.47. The Bertz CT molecular complexity index is 481. The number of benzene rings is 1. The van der Waals surface area contributed by atoms with Crippen LogP contribution in [0.1, 0.15) is 51.2 Å². The fourth-order valence-electron chi connectivity index (χ4n) is 2.02. The average molecular weight is 270 g/mol. The minimum absolute atomic E-state index is 0.493. The average Bonchev–Trinajstić information content (AvgIpc) is 2.37. The molecule has 0 spiro atoms. The Hall–Kier alpha value is -1.52. The molecule has 1 aromatic carbocycles. The quantitative estimate of drug-likeness (QED) is 0.618. The van der Waals surface area contributed by atoms with E-state index in [9.17, 15) is 5.11 Å². The highest BCUT2D eigenvalue weighted by molar-refractivity contribution is 5.36. The Morgan fingerprint density at radius 3 is 2.50 bits per heavy atom. The van der Waals surface area contributed by atoms with E-state index >= 15 is 0 Å². The summed E-state index contributed by atoms with van der Waals surface area (Å²) in [6.07, 6.45) is 4.66. The van der Waals surface area contributed by atoms with Gasteiger partial charge in [-0.15, -0.1) is 0 Å². The lowest BCUT2D eigenvalue weighted by Gasteiger charge is -2.11. The lowest BCUT2D eigenvalue weighted by Crippen LogP contribution is -2.09. The Morgan fingerprint density at radius 1 is 1.25 bits per heavy atom. The van der Waals surface area contributed by atoms with Gasteiger partial charge < -0.3 is 5.11 Å². The molecular formula is C19H26O. The molecule has 0 aliphatic carbocycles. The topological polar surface area (TPSA) is 20.2 Å². The van der Waals surface area contributed by atoms with Gasteiger partial charge in [-0.2, -0.15) is 0 Å². The monoisotopic (exact) mass is 270 g/mol. The van der Waals surface area contributed by atoms with Crippen LogP contribution in [0.2, 0.25) is 0 Å². The van der Waals surface area contributed by atoms with Crippen molar-refractivity contribution in [3.8, 4) is 11.8 Å². The van der Waals surface area contributed by atoms with Crippen LogP contribution in [0.25, 0.3) is 0 Å². The molecule has 0 bridgehead atoms. The van der Waals surface area contributed by atoms with Gasteiger partial charge in [0.05, 0.1) is 0 Å². The number of rotatable bonds is 5. The van der Waals surface area contributed by atoms with Crippen LogP contribution in [0.4, 0.5) is 0 Å². The molecule has 2 atom stereocenters. The van der Waals surface area contributed by atoms with Crippen molar-refractivity contribution in [2.45, 2.75) is 53.1 Å². The molecule has 1 rings (SSSR count). The van der Waals surface area contributed by atoms with Crippen molar-refractivity contribution < 1.29 is 5.11 Å². The predicted molar refractivity (Wildman–Crippen MR) is 86.5 cm³/mol. The Balaban J connectivity index is 2.41. The van der Waals surface area contributed by atoms with Gasteiger partial charge in [0, 0.05) is 5.56 Å². The summed E-state index contributed by atoms with van der Waals surface area (Å²) < 4.78 is 0. The van der Waals surface area contributed by atoms with E-state index < -0.39 is 6.10 Å². The number of aliphatic hydroxyl groups is 1. The van der Waals surface area contributed by atoms with Crippen LogP contribution in [-0.4, -0.2) is 11.2 Å². The second-order valence-electron chi connectivity index (χ2n) is 5.85. The molecule has 1 nitrogen and oxygen atoms in total. The molecule has 0 saturated carbocycles. The van der Waals surface area contributed by atoms with Gasteiger partial charge in [-0.05, 0) is 58.1 Å². The highest BCUT2D eigenvalue weighted by Gasteiger charge is 2.07. The molecule has 0 aromatic heterocycles. The zero-order valence-electron chi connectivity index (χ0n) is 13.1. The largest absolute Gasteiger partial charge is 0.380 e. The van der Waals surface area contributed by atoms with Crippen molar-refractivity contribution in [1.29, 1.82) is 0 Å². The molecule has 0 amide bonds. The zero-order chi connectivity index (χ0) is 15.0. The van der Waals surface area contributed by atoms with Crippen LogP contribution in [0.3, 0.4) is 0 Å². The molecule has 0 heterocycles. The van der Waals surface area contributed by atoms with E-state index in [-0.39, 0.29) is 0 Å².